The SMILES string of the molecule is COc1ccc(S(=O)(=O)N(C)CC(=O)Nc2cc(Cl)ccc2OC)c(C)c1. The summed E-state index contributed by atoms with van der Waals surface area (Å²) in [6, 6.07) is 9.40. The molecule has 146 valence electrons. The molecule has 2 aromatic carbocycles. The Morgan fingerprint density at radius 1 is 1.15 bits per heavy atom. The lowest BCUT2D eigenvalue weighted by molar-refractivity contribution is -0.116. The molecule has 7 nitrogen and oxygen atoms in total. The van der Waals surface area contributed by atoms with E-state index in [0.717, 1.165) is 4.31 Å². The standard InChI is InChI=1S/C18H21ClN2O5S/c1-12-9-14(25-3)6-8-17(12)27(23,24)21(2)11-18(22)20-15-10-13(19)5-7-16(15)26-4/h5-10H,11H2,1-4H3,(H,20,22). The number of hydrogen-bond acceptors (Lipinski definition) is 5. The van der Waals surface area contributed by atoms with Gasteiger partial charge in [-0.1, -0.05) is 11.6 Å². The van der Waals surface area contributed by atoms with E-state index >= 15 is 0 Å². The Hall–Kier alpha value is -2.29. The molecule has 2 aromatic rings. The molecule has 0 saturated carbocycles. The third kappa shape index (κ3) is 4.91. The van der Waals surface area contributed by atoms with Gasteiger partial charge in [0.25, 0.3) is 0 Å². The normalized spacial score (nSPS) is 11.3. The van der Waals surface area contributed by atoms with Gasteiger partial charge in [-0.3, -0.25) is 4.79 Å². The Bertz CT molecular complexity index is 947. The second kappa shape index (κ2) is 8.60. The molecular weight excluding hydrogens is 392 g/mol. The molecule has 0 radical (unpaired) electrons. The zero-order valence-electron chi connectivity index (χ0n) is 15.4. The van der Waals surface area contributed by atoms with Gasteiger partial charge in [-0.15, -0.1) is 0 Å². The number of anilines is 1. The molecule has 0 aliphatic carbocycles. The first-order valence-corrected chi connectivity index (χ1v) is 9.75. The molecule has 9 heteroatoms. The second-order valence-corrected chi connectivity index (χ2v) is 8.24. The molecule has 2 rings (SSSR count). The molecule has 0 fully saturated rings. The van der Waals surface area contributed by atoms with Crippen LogP contribution in [-0.2, 0) is 14.8 Å². The topological polar surface area (TPSA) is 84.9 Å². The second-order valence-electron chi connectivity index (χ2n) is 5.79. The number of nitrogens with one attached hydrogen (secondary N) is 1. The van der Waals surface area contributed by atoms with Crippen LogP contribution in [0.15, 0.2) is 41.3 Å². The minimum atomic E-state index is -3.85. The number of rotatable bonds is 7. The predicted octanol–water partition coefficient (Wildman–Crippen LogP) is 2.92. The summed E-state index contributed by atoms with van der Waals surface area (Å²) < 4.78 is 36.8. The van der Waals surface area contributed by atoms with E-state index in [9.17, 15) is 13.2 Å². The molecule has 0 unspecified atom stereocenters. The minimum absolute atomic E-state index is 0.110. The van der Waals surface area contributed by atoms with Gasteiger partial charge in [-0.25, -0.2) is 8.42 Å². The Labute approximate surface area is 163 Å². The molecule has 0 aliphatic heterocycles. The van der Waals surface area contributed by atoms with Crippen molar-refractivity contribution in [1.82, 2.24) is 4.31 Å². The minimum Gasteiger partial charge on any atom is -0.497 e. The smallest absolute Gasteiger partial charge is 0.243 e. The highest BCUT2D eigenvalue weighted by Crippen LogP contribution is 2.28. The number of nitrogens with zero attached hydrogens (tertiary/aromatic N) is 1. The molecule has 0 aliphatic rings. The van der Waals surface area contributed by atoms with Crippen LogP contribution in [0.3, 0.4) is 0 Å². The zero-order chi connectivity index (χ0) is 20.2. The number of hydrogen-bond donors (Lipinski definition) is 1. The van der Waals surface area contributed by atoms with Crippen LogP contribution < -0.4 is 14.8 Å². The number of aryl methyl sites for hydroxylation is 1. The first-order valence-electron chi connectivity index (χ1n) is 7.93. The number of methoxy groups -OCH3 is 2. The van der Waals surface area contributed by atoms with Crippen LogP contribution >= 0.6 is 11.6 Å². The molecule has 1 amide bonds. The van der Waals surface area contributed by atoms with Crippen LogP contribution in [0.1, 0.15) is 5.56 Å². The Morgan fingerprint density at radius 3 is 2.44 bits per heavy atom. The molecule has 0 atom stereocenters. The average Bonchev–Trinajstić information content (AvgIpc) is 2.61. The van der Waals surface area contributed by atoms with Crippen molar-refractivity contribution in [3.8, 4) is 11.5 Å². The lowest BCUT2D eigenvalue weighted by Crippen LogP contribution is -2.35. The van der Waals surface area contributed by atoms with E-state index in [2.05, 4.69) is 5.32 Å². The first-order chi connectivity index (χ1) is 12.7. The van der Waals surface area contributed by atoms with Gasteiger partial charge < -0.3 is 14.8 Å². The van der Waals surface area contributed by atoms with Gasteiger partial charge in [0.15, 0.2) is 0 Å². The zero-order valence-corrected chi connectivity index (χ0v) is 17.0. The van der Waals surface area contributed by atoms with Gasteiger partial charge in [-0.2, -0.15) is 4.31 Å². The van der Waals surface area contributed by atoms with Gasteiger partial charge in [0.1, 0.15) is 11.5 Å². The summed E-state index contributed by atoms with van der Waals surface area (Å²) in [4.78, 5) is 12.4. The number of likely N-dealkylation sites (N-methyl/N-ethyl adjacent to an activating group) is 1. The third-order valence-electron chi connectivity index (χ3n) is 3.87. The first kappa shape index (κ1) is 21.0. The summed E-state index contributed by atoms with van der Waals surface area (Å²) in [6.07, 6.45) is 0. The van der Waals surface area contributed by atoms with Crippen LogP contribution in [0.25, 0.3) is 0 Å². The molecule has 0 aromatic heterocycles. The van der Waals surface area contributed by atoms with Crippen molar-refractivity contribution in [2.75, 3.05) is 33.1 Å². The summed E-state index contributed by atoms with van der Waals surface area (Å²) >= 11 is 5.93. The van der Waals surface area contributed by atoms with Crippen LogP contribution in [0.5, 0.6) is 11.5 Å². The summed E-state index contributed by atoms with van der Waals surface area (Å²) in [5.41, 5.74) is 0.888. The van der Waals surface area contributed by atoms with Gasteiger partial charge in [-0.05, 0) is 48.9 Å². The molecule has 27 heavy (non-hydrogen) atoms. The quantitative estimate of drug-likeness (QED) is 0.755. The highest BCUT2D eigenvalue weighted by molar-refractivity contribution is 7.89. The molecule has 0 heterocycles. The van der Waals surface area contributed by atoms with E-state index in [1.54, 1.807) is 31.2 Å². The van der Waals surface area contributed by atoms with E-state index in [0.29, 0.717) is 27.8 Å². The Balaban J connectivity index is 2.17. The molecule has 0 saturated heterocycles. The largest absolute Gasteiger partial charge is 0.497 e. The van der Waals surface area contributed by atoms with Gasteiger partial charge in [0, 0.05) is 12.1 Å². The van der Waals surface area contributed by atoms with Crippen LogP contribution in [0, 0.1) is 6.92 Å². The van der Waals surface area contributed by atoms with Crippen molar-refractivity contribution in [2.24, 2.45) is 0 Å². The number of halogens is 1. The Kier molecular flexibility index (Phi) is 6.69. The summed E-state index contributed by atoms with van der Waals surface area (Å²) in [6.45, 7) is 1.30. The summed E-state index contributed by atoms with van der Waals surface area (Å²) in [7, 11) is 0.459. The maximum absolute atomic E-state index is 12.8. The van der Waals surface area contributed by atoms with E-state index in [1.807, 2.05) is 0 Å². The van der Waals surface area contributed by atoms with Crippen molar-refractivity contribution in [1.29, 1.82) is 0 Å². The van der Waals surface area contributed by atoms with E-state index < -0.39 is 15.9 Å². The summed E-state index contributed by atoms with van der Waals surface area (Å²) in [5.74, 6) is 0.456. The Morgan fingerprint density at radius 2 is 1.85 bits per heavy atom. The number of benzene rings is 2. The number of amides is 1. The average molecular weight is 413 g/mol. The third-order valence-corrected chi connectivity index (χ3v) is 6.07. The molecule has 0 spiro atoms. The molecular formula is C18H21ClN2O5S. The predicted molar refractivity (Wildman–Crippen MR) is 104 cm³/mol. The fourth-order valence-electron chi connectivity index (χ4n) is 2.46. The van der Waals surface area contributed by atoms with Gasteiger partial charge in [0.05, 0.1) is 31.3 Å². The number of ether oxygens (including phenoxy) is 2. The van der Waals surface area contributed by atoms with Crippen LogP contribution in [0.2, 0.25) is 5.02 Å². The van der Waals surface area contributed by atoms with Crippen LogP contribution in [0.4, 0.5) is 5.69 Å². The highest BCUT2D eigenvalue weighted by Gasteiger charge is 2.25. The van der Waals surface area contributed by atoms with Crippen molar-refractivity contribution in [3.05, 3.63) is 47.0 Å². The number of carbonyl (C=O) groups is 1. The molecule has 0 bridgehead atoms. The van der Waals surface area contributed by atoms with Crippen molar-refractivity contribution in [2.45, 2.75) is 11.8 Å². The van der Waals surface area contributed by atoms with Crippen molar-refractivity contribution >= 4 is 33.2 Å². The maximum Gasteiger partial charge on any atom is 0.243 e. The van der Waals surface area contributed by atoms with E-state index in [-0.39, 0.29) is 11.4 Å². The van der Waals surface area contributed by atoms with Crippen molar-refractivity contribution in [3.63, 3.8) is 0 Å². The van der Waals surface area contributed by atoms with Crippen molar-refractivity contribution < 1.29 is 22.7 Å². The highest BCUT2D eigenvalue weighted by atomic mass is 35.5. The number of sulfonamides is 1. The van der Waals surface area contributed by atoms with Crippen LogP contribution in [-0.4, -0.2) is 46.4 Å². The lowest BCUT2D eigenvalue weighted by atomic mass is 10.2. The fraction of sp³-hybridized carbons (Fsp3) is 0.278. The van der Waals surface area contributed by atoms with Gasteiger partial charge >= 0.3 is 0 Å². The number of carbonyl (C=O) groups excluding carboxylic acids is 1. The van der Waals surface area contributed by atoms with Gasteiger partial charge in [0.2, 0.25) is 15.9 Å². The monoisotopic (exact) mass is 412 g/mol. The van der Waals surface area contributed by atoms with E-state index in [4.69, 9.17) is 21.1 Å². The lowest BCUT2D eigenvalue weighted by Gasteiger charge is -2.19. The maximum atomic E-state index is 12.8. The molecule has 1 N–H and O–H groups in total. The fourth-order valence-corrected chi connectivity index (χ4v) is 3.96. The van der Waals surface area contributed by atoms with E-state index in [1.165, 1.54) is 33.4 Å². The summed E-state index contributed by atoms with van der Waals surface area (Å²) in [5, 5.41) is 3.03.